The first kappa shape index (κ1) is 14.3. The summed E-state index contributed by atoms with van der Waals surface area (Å²) in [6.07, 6.45) is -3.35. The van der Waals surface area contributed by atoms with Crippen molar-refractivity contribution < 1.29 is 22.7 Å². The van der Waals surface area contributed by atoms with E-state index < -0.39 is 24.6 Å². The predicted octanol–water partition coefficient (Wildman–Crippen LogP) is 1.92. The van der Waals surface area contributed by atoms with Crippen LogP contribution >= 0.6 is 0 Å². The lowest BCUT2D eigenvalue weighted by Gasteiger charge is -2.15. The maximum absolute atomic E-state index is 11.9. The molecule has 1 N–H and O–H groups in total. The minimum absolute atomic E-state index is 0.00378. The lowest BCUT2D eigenvalue weighted by molar-refractivity contribution is -0.153. The Bertz CT molecular complexity index is 382. The van der Waals surface area contributed by atoms with Crippen molar-refractivity contribution in [2.24, 2.45) is 0 Å². The van der Waals surface area contributed by atoms with Crippen LogP contribution in [0.15, 0.2) is 24.5 Å². The molecule has 1 atom stereocenters. The maximum Gasteiger partial charge on any atom is 0.397 e. The minimum atomic E-state index is -4.49. The molecule has 18 heavy (non-hydrogen) atoms. The number of ether oxygens (including phenoxy) is 1. The highest BCUT2D eigenvalue weighted by molar-refractivity contribution is 5.76. The number of rotatable bonds is 5. The van der Waals surface area contributed by atoms with E-state index in [9.17, 15) is 18.0 Å². The van der Waals surface area contributed by atoms with E-state index in [4.69, 9.17) is 4.74 Å². The van der Waals surface area contributed by atoms with Crippen molar-refractivity contribution in [1.82, 2.24) is 10.3 Å². The van der Waals surface area contributed by atoms with Crippen molar-refractivity contribution >= 4 is 5.91 Å². The quantitative estimate of drug-likeness (QED) is 0.882. The number of hydrogen-bond donors (Lipinski definition) is 1. The number of nitrogens with one attached hydrogen (secondary N) is 1. The number of carbonyl (C=O) groups is 1. The summed E-state index contributed by atoms with van der Waals surface area (Å²) in [6, 6.07) is 3.34. The monoisotopic (exact) mass is 262 g/mol. The molecule has 1 amide bonds. The van der Waals surface area contributed by atoms with E-state index in [0.29, 0.717) is 5.75 Å². The van der Waals surface area contributed by atoms with Crippen LogP contribution in [0.3, 0.4) is 0 Å². The number of alkyl halides is 3. The summed E-state index contributed by atoms with van der Waals surface area (Å²) in [4.78, 5) is 14.7. The molecule has 0 aromatic carbocycles. The summed E-state index contributed by atoms with van der Waals surface area (Å²) >= 11 is 0. The van der Waals surface area contributed by atoms with Crippen molar-refractivity contribution in [1.29, 1.82) is 0 Å². The van der Waals surface area contributed by atoms with Gasteiger partial charge in [0.15, 0.2) is 0 Å². The van der Waals surface area contributed by atoms with E-state index in [0.717, 1.165) is 0 Å². The first-order chi connectivity index (χ1) is 8.37. The largest absolute Gasteiger partial charge is 0.487 e. The molecule has 0 saturated heterocycles. The molecule has 1 rings (SSSR count). The van der Waals surface area contributed by atoms with Gasteiger partial charge in [0, 0.05) is 6.20 Å². The first-order valence-electron chi connectivity index (χ1n) is 5.27. The third-order valence-corrected chi connectivity index (χ3v) is 1.92. The highest BCUT2D eigenvalue weighted by Gasteiger charge is 2.31. The number of amides is 1. The van der Waals surface area contributed by atoms with E-state index in [2.05, 4.69) is 10.3 Å². The fourth-order valence-electron chi connectivity index (χ4n) is 1.19. The average molecular weight is 262 g/mol. The number of aromatic nitrogens is 1. The molecule has 0 spiro atoms. The Morgan fingerprint density at radius 3 is 2.83 bits per heavy atom. The molecule has 0 aliphatic heterocycles. The van der Waals surface area contributed by atoms with E-state index >= 15 is 0 Å². The molecule has 1 aromatic rings. The van der Waals surface area contributed by atoms with Gasteiger partial charge >= 0.3 is 6.18 Å². The number of halogens is 3. The lowest BCUT2D eigenvalue weighted by atomic mass is 10.3. The van der Waals surface area contributed by atoms with Crippen LogP contribution in [-0.2, 0) is 4.79 Å². The third kappa shape index (κ3) is 6.07. The third-order valence-electron chi connectivity index (χ3n) is 1.92. The molecular weight excluding hydrogens is 249 g/mol. The number of carbonyl (C=O) groups excluding carboxylic acids is 1. The molecule has 7 heteroatoms. The summed E-state index contributed by atoms with van der Waals surface area (Å²) in [7, 11) is 0. The number of nitrogens with zero attached hydrogens (tertiary/aromatic N) is 1. The van der Waals surface area contributed by atoms with Crippen molar-refractivity contribution in [2.45, 2.75) is 25.6 Å². The summed E-state index contributed by atoms with van der Waals surface area (Å²) in [5.74, 6) is -0.570. The van der Waals surface area contributed by atoms with Gasteiger partial charge in [0.2, 0.25) is 5.91 Å². The Morgan fingerprint density at radius 1 is 1.56 bits per heavy atom. The molecule has 1 aromatic heterocycles. The molecule has 0 aliphatic rings. The highest BCUT2D eigenvalue weighted by atomic mass is 19.4. The second-order valence-corrected chi connectivity index (χ2v) is 3.71. The molecule has 4 nitrogen and oxygen atoms in total. The van der Waals surface area contributed by atoms with E-state index in [-0.39, 0.29) is 6.54 Å². The zero-order valence-electron chi connectivity index (χ0n) is 9.70. The second kappa shape index (κ2) is 6.23. The SMILES string of the molecule is C[C@@H](CNC(=O)CC(F)(F)F)Oc1cccnc1. The standard InChI is InChI=1S/C11H13F3N2O2/c1-8(18-9-3-2-4-15-7-9)6-16-10(17)5-11(12,13)14/h2-4,7-8H,5-6H2,1H3,(H,16,17)/t8-/m0/s1. The molecule has 0 unspecified atom stereocenters. The zero-order chi connectivity index (χ0) is 13.6. The molecular formula is C11H13F3N2O2. The fraction of sp³-hybridized carbons (Fsp3) is 0.455. The van der Waals surface area contributed by atoms with Gasteiger partial charge in [0.1, 0.15) is 18.3 Å². The average Bonchev–Trinajstić information content (AvgIpc) is 2.25. The van der Waals surface area contributed by atoms with Gasteiger partial charge in [0.05, 0.1) is 12.7 Å². The van der Waals surface area contributed by atoms with Crippen molar-refractivity contribution in [3.63, 3.8) is 0 Å². The Hall–Kier alpha value is -1.79. The van der Waals surface area contributed by atoms with Crippen molar-refractivity contribution in [2.75, 3.05) is 6.54 Å². The van der Waals surface area contributed by atoms with Gasteiger partial charge in [0.25, 0.3) is 0 Å². The van der Waals surface area contributed by atoms with Crippen LogP contribution < -0.4 is 10.1 Å². The normalized spacial score (nSPS) is 12.9. The van der Waals surface area contributed by atoms with Gasteiger partial charge in [-0.1, -0.05) is 0 Å². The lowest BCUT2D eigenvalue weighted by Crippen LogP contribution is -2.35. The highest BCUT2D eigenvalue weighted by Crippen LogP contribution is 2.18. The van der Waals surface area contributed by atoms with Crippen LogP contribution in [0.5, 0.6) is 5.75 Å². The van der Waals surface area contributed by atoms with Gasteiger partial charge in [-0.2, -0.15) is 13.2 Å². The summed E-state index contributed by atoms with van der Waals surface area (Å²) in [6.45, 7) is 1.64. The molecule has 0 fully saturated rings. The van der Waals surface area contributed by atoms with E-state index in [1.54, 1.807) is 25.3 Å². The second-order valence-electron chi connectivity index (χ2n) is 3.71. The zero-order valence-corrected chi connectivity index (χ0v) is 9.70. The van der Waals surface area contributed by atoms with Gasteiger partial charge in [-0.15, -0.1) is 0 Å². The van der Waals surface area contributed by atoms with E-state index in [1.807, 2.05) is 0 Å². The molecule has 100 valence electrons. The Kier molecular flexibility index (Phi) is 4.94. The molecule has 0 saturated carbocycles. The van der Waals surface area contributed by atoms with Gasteiger partial charge in [-0.25, -0.2) is 0 Å². The smallest absolute Gasteiger partial charge is 0.397 e. The van der Waals surface area contributed by atoms with Crippen LogP contribution in [0.25, 0.3) is 0 Å². The molecule has 1 heterocycles. The molecule has 0 aliphatic carbocycles. The maximum atomic E-state index is 11.9. The van der Waals surface area contributed by atoms with Crippen LogP contribution in [0.1, 0.15) is 13.3 Å². The van der Waals surface area contributed by atoms with Gasteiger partial charge < -0.3 is 10.1 Å². The Morgan fingerprint density at radius 2 is 2.28 bits per heavy atom. The molecule has 0 radical (unpaired) electrons. The van der Waals surface area contributed by atoms with Crippen LogP contribution in [0.2, 0.25) is 0 Å². The predicted molar refractivity (Wildman–Crippen MR) is 58.0 cm³/mol. The first-order valence-corrected chi connectivity index (χ1v) is 5.27. The Labute approximate surface area is 102 Å². The Balaban J connectivity index is 2.29. The van der Waals surface area contributed by atoms with Gasteiger partial charge in [-0.3, -0.25) is 9.78 Å². The summed E-state index contributed by atoms with van der Waals surface area (Å²) < 4.78 is 41.0. The van der Waals surface area contributed by atoms with E-state index in [1.165, 1.54) is 6.20 Å². The molecule has 0 bridgehead atoms. The summed E-state index contributed by atoms with van der Waals surface area (Å²) in [5.41, 5.74) is 0. The topological polar surface area (TPSA) is 51.2 Å². The van der Waals surface area contributed by atoms with Gasteiger partial charge in [-0.05, 0) is 19.1 Å². The number of pyridine rings is 1. The summed E-state index contributed by atoms with van der Waals surface area (Å²) in [5, 5.41) is 2.15. The van der Waals surface area contributed by atoms with Crippen molar-refractivity contribution in [3.8, 4) is 5.75 Å². The van der Waals surface area contributed by atoms with Crippen LogP contribution in [0, 0.1) is 0 Å². The fourth-order valence-corrected chi connectivity index (χ4v) is 1.19. The van der Waals surface area contributed by atoms with Crippen LogP contribution in [0.4, 0.5) is 13.2 Å². The van der Waals surface area contributed by atoms with Crippen molar-refractivity contribution in [3.05, 3.63) is 24.5 Å². The van der Waals surface area contributed by atoms with Crippen LogP contribution in [-0.4, -0.2) is 29.7 Å². The minimum Gasteiger partial charge on any atom is -0.487 e. The number of hydrogen-bond acceptors (Lipinski definition) is 3.